The highest BCUT2D eigenvalue weighted by atomic mass is 79.9. The van der Waals surface area contributed by atoms with Crippen molar-refractivity contribution in [3.05, 3.63) is 40.4 Å². The molecule has 0 amide bonds. The zero-order chi connectivity index (χ0) is 11.3. The molecule has 0 unspecified atom stereocenters. The van der Waals surface area contributed by atoms with Crippen LogP contribution >= 0.6 is 15.9 Å². The standard InChI is InChI=1S/C11H12BrNO2/c1-2-15-11(14)7-10(13)8-4-3-5-9(12)6-8/h3-7H,2,13H2,1H3. The van der Waals surface area contributed by atoms with Crippen molar-refractivity contribution in [1.29, 1.82) is 0 Å². The van der Waals surface area contributed by atoms with Gasteiger partial charge in [0.1, 0.15) is 0 Å². The Hall–Kier alpha value is -1.29. The molecular weight excluding hydrogens is 258 g/mol. The molecule has 0 aromatic heterocycles. The van der Waals surface area contributed by atoms with E-state index in [0.29, 0.717) is 12.3 Å². The fourth-order valence-electron chi connectivity index (χ4n) is 1.06. The molecule has 0 spiro atoms. The number of carbonyl (C=O) groups is 1. The molecule has 3 nitrogen and oxygen atoms in total. The summed E-state index contributed by atoms with van der Waals surface area (Å²) in [5, 5.41) is 0. The summed E-state index contributed by atoms with van der Waals surface area (Å²) in [7, 11) is 0. The van der Waals surface area contributed by atoms with Crippen LogP contribution in [0.3, 0.4) is 0 Å². The zero-order valence-corrected chi connectivity index (χ0v) is 9.95. The van der Waals surface area contributed by atoms with E-state index in [-0.39, 0.29) is 0 Å². The third-order valence-electron chi connectivity index (χ3n) is 1.72. The van der Waals surface area contributed by atoms with Crippen molar-refractivity contribution in [3.63, 3.8) is 0 Å². The van der Waals surface area contributed by atoms with E-state index in [1.54, 1.807) is 6.92 Å². The Labute approximate surface area is 97.0 Å². The predicted octanol–water partition coefficient (Wildman–Crippen LogP) is 2.31. The van der Waals surface area contributed by atoms with Gasteiger partial charge in [0.25, 0.3) is 0 Å². The van der Waals surface area contributed by atoms with Gasteiger partial charge in [-0.25, -0.2) is 4.79 Å². The highest BCUT2D eigenvalue weighted by Gasteiger charge is 2.01. The molecule has 0 saturated heterocycles. The van der Waals surface area contributed by atoms with Gasteiger partial charge in [0, 0.05) is 16.2 Å². The van der Waals surface area contributed by atoms with Gasteiger partial charge in [0.2, 0.25) is 0 Å². The van der Waals surface area contributed by atoms with Crippen molar-refractivity contribution in [2.24, 2.45) is 5.73 Å². The minimum Gasteiger partial charge on any atom is -0.463 e. The van der Waals surface area contributed by atoms with Crippen LogP contribution in [0.5, 0.6) is 0 Å². The molecule has 80 valence electrons. The van der Waals surface area contributed by atoms with Gasteiger partial charge >= 0.3 is 5.97 Å². The molecule has 0 fully saturated rings. The summed E-state index contributed by atoms with van der Waals surface area (Å²) >= 11 is 3.33. The van der Waals surface area contributed by atoms with E-state index >= 15 is 0 Å². The molecule has 1 aromatic rings. The number of carbonyl (C=O) groups excluding carboxylic acids is 1. The lowest BCUT2D eigenvalue weighted by atomic mass is 10.1. The average Bonchev–Trinajstić information content (AvgIpc) is 2.18. The van der Waals surface area contributed by atoms with Crippen molar-refractivity contribution in [1.82, 2.24) is 0 Å². The van der Waals surface area contributed by atoms with Crippen LogP contribution in [-0.2, 0) is 9.53 Å². The first-order valence-electron chi connectivity index (χ1n) is 4.53. The van der Waals surface area contributed by atoms with Crippen LogP contribution in [0, 0.1) is 0 Å². The summed E-state index contributed by atoms with van der Waals surface area (Å²) in [6, 6.07) is 7.41. The number of benzene rings is 1. The maximum absolute atomic E-state index is 11.1. The van der Waals surface area contributed by atoms with Crippen molar-refractivity contribution < 1.29 is 9.53 Å². The Balaban J connectivity index is 2.84. The first-order chi connectivity index (χ1) is 7.13. The van der Waals surface area contributed by atoms with Crippen LogP contribution < -0.4 is 5.73 Å². The van der Waals surface area contributed by atoms with Crippen molar-refractivity contribution in [2.45, 2.75) is 6.92 Å². The second-order valence-electron chi connectivity index (χ2n) is 2.86. The summed E-state index contributed by atoms with van der Waals surface area (Å²) in [6.07, 6.45) is 1.28. The first-order valence-corrected chi connectivity index (χ1v) is 5.32. The van der Waals surface area contributed by atoms with E-state index in [1.807, 2.05) is 24.3 Å². The van der Waals surface area contributed by atoms with Gasteiger partial charge in [-0.3, -0.25) is 0 Å². The van der Waals surface area contributed by atoms with Crippen molar-refractivity contribution in [3.8, 4) is 0 Å². The van der Waals surface area contributed by atoms with E-state index in [1.165, 1.54) is 6.08 Å². The topological polar surface area (TPSA) is 52.3 Å². The van der Waals surface area contributed by atoms with Crippen LogP contribution in [-0.4, -0.2) is 12.6 Å². The Morgan fingerprint density at radius 2 is 2.33 bits per heavy atom. The van der Waals surface area contributed by atoms with Crippen LogP contribution in [0.1, 0.15) is 12.5 Å². The summed E-state index contributed by atoms with van der Waals surface area (Å²) in [5.74, 6) is -0.421. The van der Waals surface area contributed by atoms with Crippen LogP contribution in [0.2, 0.25) is 0 Å². The van der Waals surface area contributed by atoms with E-state index < -0.39 is 5.97 Å². The van der Waals surface area contributed by atoms with Gasteiger partial charge < -0.3 is 10.5 Å². The number of ether oxygens (including phenoxy) is 1. The van der Waals surface area contributed by atoms with Gasteiger partial charge in [-0.2, -0.15) is 0 Å². The largest absolute Gasteiger partial charge is 0.463 e. The monoisotopic (exact) mass is 269 g/mol. The van der Waals surface area contributed by atoms with Crippen LogP contribution in [0.15, 0.2) is 34.8 Å². The number of rotatable bonds is 3. The lowest BCUT2D eigenvalue weighted by molar-refractivity contribution is -0.137. The quantitative estimate of drug-likeness (QED) is 0.677. The fourth-order valence-corrected chi connectivity index (χ4v) is 1.46. The second-order valence-corrected chi connectivity index (χ2v) is 3.78. The maximum Gasteiger partial charge on any atom is 0.332 e. The molecule has 0 atom stereocenters. The Morgan fingerprint density at radius 3 is 2.93 bits per heavy atom. The van der Waals surface area contributed by atoms with Gasteiger partial charge in [-0.15, -0.1) is 0 Å². The SMILES string of the molecule is CCOC(=O)C=C(N)c1cccc(Br)c1. The van der Waals surface area contributed by atoms with E-state index in [2.05, 4.69) is 15.9 Å². The van der Waals surface area contributed by atoms with E-state index in [0.717, 1.165) is 10.0 Å². The smallest absolute Gasteiger partial charge is 0.332 e. The molecule has 0 aliphatic rings. The lowest BCUT2D eigenvalue weighted by Gasteiger charge is -2.02. The molecule has 0 heterocycles. The van der Waals surface area contributed by atoms with Crippen molar-refractivity contribution >= 4 is 27.6 Å². The number of hydrogen-bond acceptors (Lipinski definition) is 3. The molecule has 0 aliphatic carbocycles. The number of esters is 1. The first kappa shape index (κ1) is 11.8. The molecule has 2 N–H and O–H groups in total. The normalized spacial score (nSPS) is 11.2. The molecule has 15 heavy (non-hydrogen) atoms. The third-order valence-corrected chi connectivity index (χ3v) is 2.21. The minimum absolute atomic E-state index is 0.348. The molecule has 0 bridgehead atoms. The minimum atomic E-state index is -0.421. The highest BCUT2D eigenvalue weighted by molar-refractivity contribution is 9.10. The highest BCUT2D eigenvalue weighted by Crippen LogP contribution is 2.15. The van der Waals surface area contributed by atoms with Crippen molar-refractivity contribution in [2.75, 3.05) is 6.61 Å². The number of nitrogens with two attached hydrogens (primary N) is 1. The third kappa shape index (κ3) is 3.75. The Kier molecular flexibility index (Phi) is 4.37. The molecule has 1 rings (SSSR count). The average molecular weight is 270 g/mol. The second kappa shape index (κ2) is 5.56. The number of hydrogen-bond donors (Lipinski definition) is 1. The van der Waals surface area contributed by atoms with Gasteiger partial charge in [-0.05, 0) is 24.6 Å². The number of halogens is 1. The molecule has 0 saturated carbocycles. The summed E-state index contributed by atoms with van der Waals surface area (Å²) in [6.45, 7) is 2.10. The fraction of sp³-hybridized carbons (Fsp3) is 0.182. The zero-order valence-electron chi connectivity index (χ0n) is 8.37. The Morgan fingerprint density at radius 1 is 1.60 bits per heavy atom. The summed E-state index contributed by atoms with van der Waals surface area (Å²) in [5.41, 5.74) is 6.92. The van der Waals surface area contributed by atoms with E-state index in [4.69, 9.17) is 10.5 Å². The molecular formula is C11H12BrNO2. The molecule has 4 heteroatoms. The summed E-state index contributed by atoms with van der Waals surface area (Å²) < 4.78 is 5.67. The molecule has 0 radical (unpaired) electrons. The predicted molar refractivity (Wildman–Crippen MR) is 62.9 cm³/mol. The maximum atomic E-state index is 11.1. The van der Waals surface area contributed by atoms with Gasteiger partial charge in [-0.1, -0.05) is 28.1 Å². The van der Waals surface area contributed by atoms with Crippen LogP contribution in [0.25, 0.3) is 5.70 Å². The molecule has 1 aromatic carbocycles. The Bertz CT molecular complexity index is 388. The lowest BCUT2D eigenvalue weighted by Crippen LogP contribution is -2.05. The van der Waals surface area contributed by atoms with E-state index in [9.17, 15) is 4.79 Å². The van der Waals surface area contributed by atoms with Gasteiger partial charge in [0.15, 0.2) is 0 Å². The van der Waals surface area contributed by atoms with Gasteiger partial charge in [0.05, 0.1) is 6.61 Å². The summed E-state index contributed by atoms with van der Waals surface area (Å²) in [4.78, 5) is 11.1. The van der Waals surface area contributed by atoms with Crippen LogP contribution in [0.4, 0.5) is 0 Å². The molecule has 0 aliphatic heterocycles.